The van der Waals surface area contributed by atoms with Crippen LogP contribution in [0.1, 0.15) is 11.6 Å². The molecular formula is C15H23N3S. The van der Waals surface area contributed by atoms with Gasteiger partial charge in [-0.1, -0.05) is 18.2 Å². The topological polar surface area (TPSA) is 18.5 Å². The lowest BCUT2D eigenvalue weighted by Crippen LogP contribution is -2.46. The minimum atomic E-state index is 0.550. The van der Waals surface area contributed by atoms with Gasteiger partial charge >= 0.3 is 0 Å². The first kappa shape index (κ1) is 13.4. The third-order valence-electron chi connectivity index (χ3n) is 4.11. The molecule has 1 saturated heterocycles. The summed E-state index contributed by atoms with van der Waals surface area (Å²) in [5, 5.41) is 3.72. The second-order valence-electron chi connectivity index (χ2n) is 5.50. The highest BCUT2D eigenvalue weighted by molar-refractivity contribution is 7.99. The smallest absolute Gasteiger partial charge is 0.0426 e. The first-order chi connectivity index (χ1) is 9.33. The number of thioether (sulfide) groups is 1. The van der Waals surface area contributed by atoms with E-state index in [0.29, 0.717) is 6.04 Å². The number of hydrogen-bond donors (Lipinski definition) is 1. The molecule has 3 rings (SSSR count). The Morgan fingerprint density at radius 2 is 2.00 bits per heavy atom. The third kappa shape index (κ3) is 3.31. The molecule has 0 bridgehead atoms. The van der Waals surface area contributed by atoms with E-state index >= 15 is 0 Å². The maximum atomic E-state index is 3.72. The first-order valence-electron chi connectivity index (χ1n) is 7.19. The van der Waals surface area contributed by atoms with Crippen molar-refractivity contribution in [1.29, 1.82) is 0 Å². The fourth-order valence-corrected chi connectivity index (χ4v) is 4.00. The normalized spacial score (nSPS) is 24.6. The zero-order valence-corrected chi connectivity index (χ0v) is 12.5. The summed E-state index contributed by atoms with van der Waals surface area (Å²) in [4.78, 5) is 6.44. The molecule has 2 heterocycles. The van der Waals surface area contributed by atoms with Gasteiger partial charge in [0.2, 0.25) is 0 Å². The summed E-state index contributed by atoms with van der Waals surface area (Å²) in [5.41, 5.74) is 1.49. The van der Waals surface area contributed by atoms with Gasteiger partial charge in [0, 0.05) is 56.0 Å². The zero-order valence-electron chi connectivity index (χ0n) is 11.6. The van der Waals surface area contributed by atoms with Gasteiger partial charge in [-0.2, -0.15) is 0 Å². The Morgan fingerprint density at radius 3 is 2.84 bits per heavy atom. The Bertz CT molecular complexity index is 416. The number of rotatable bonds is 4. The summed E-state index contributed by atoms with van der Waals surface area (Å²) in [7, 11) is 2.21. The lowest BCUT2D eigenvalue weighted by molar-refractivity contribution is 0.154. The van der Waals surface area contributed by atoms with Crippen LogP contribution in [0.2, 0.25) is 0 Å². The SMILES string of the molecule is CN1CCN(CCNC2CSc3ccccc32)CC1. The van der Waals surface area contributed by atoms with Crippen LogP contribution in [0.4, 0.5) is 0 Å². The monoisotopic (exact) mass is 277 g/mol. The van der Waals surface area contributed by atoms with Crippen LogP contribution in [-0.4, -0.2) is 61.9 Å². The number of likely N-dealkylation sites (N-methyl/N-ethyl adjacent to an activating group) is 1. The molecule has 104 valence electrons. The number of fused-ring (bicyclic) bond motifs is 1. The fraction of sp³-hybridized carbons (Fsp3) is 0.600. The van der Waals surface area contributed by atoms with Crippen LogP contribution in [0.25, 0.3) is 0 Å². The molecule has 1 unspecified atom stereocenters. The largest absolute Gasteiger partial charge is 0.308 e. The predicted octanol–water partition coefficient (Wildman–Crippen LogP) is 1.67. The van der Waals surface area contributed by atoms with Crippen LogP contribution in [-0.2, 0) is 0 Å². The molecule has 0 amide bonds. The van der Waals surface area contributed by atoms with E-state index in [0.717, 1.165) is 6.54 Å². The summed E-state index contributed by atoms with van der Waals surface area (Å²) in [5.74, 6) is 1.18. The maximum absolute atomic E-state index is 3.72. The van der Waals surface area contributed by atoms with E-state index in [2.05, 4.69) is 46.4 Å². The summed E-state index contributed by atoms with van der Waals surface area (Å²) < 4.78 is 0. The molecule has 19 heavy (non-hydrogen) atoms. The minimum absolute atomic E-state index is 0.550. The van der Waals surface area contributed by atoms with E-state index in [1.54, 1.807) is 0 Å². The van der Waals surface area contributed by atoms with Crippen molar-refractivity contribution in [3.8, 4) is 0 Å². The molecule has 1 N–H and O–H groups in total. The van der Waals surface area contributed by atoms with Crippen molar-refractivity contribution in [2.24, 2.45) is 0 Å². The molecule has 3 nitrogen and oxygen atoms in total. The van der Waals surface area contributed by atoms with Gasteiger partial charge in [-0.15, -0.1) is 11.8 Å². The molecule has 0 saturated carbocycles. The van der Waals surface area contributed by atoms with E-state index in [1.807, 2.05) is 11.8 Å². The zero-order chi connectivity index (χ0) is 13.1. The average molecular weight is 277 g/mol. The molecule has 1 fully saturated rings. The van der Waals surface area contributed by atoms with Gasteiger partial charge in [0.1, 0.15) is 0 Å². The molecule has 0 radical (unpaired) electrons. The lowest BCUT2D eigenvalue weighted by atomic mass is 10.1. The van der Waals surface area contributed by atoms with Crippen LogP contribution < -0.4 is 5.32 Å². The van der Waals surface area contributed by atoms with Crippen molar-refractivity contribution < 1.29 is 0 Å². The van der Waals surface area contributed by atoms with Crippen LogP contribution in [0, 0.1) is 0 Å². The molecule has 2 aliphatic rings. The minimum Gasteiger partial charge on any atom is -0.308 e. The standard InChI is InChI=1S/C15H23N3S/c1-17-8-10-18(11-9-17)7-6-16-14-12-19-15-5-3-2-4-13(14)15/h2-5,14,16H,6-12H2,1H3. The van der Waals surface area contributed by atoms with Gasteiger partial charge in [-0.3, -0.25) is 4.90 Å². The summed E-state index contributed by atoms with van der Waals surface area (Å²) in [6, 6.07) is 9.34. The number of hydrogen-bond acceptors (Lipinski definition) is 4. The van der Waals surface area contributed by atoms with Gasteiger partial charge in [0.15, 0.2) is 0 Å². The van der Waals surface area contributed by atoms with Crippen molar-refractivity contribution in [1.82, 2.24) is 15.1 Å². The van der Waals surface area contributed by atoms with Gasteiger partial charge in [-0.25, -0.2) is 0 Å². The molecule has 0 spiro atoms. The van der Waals surface area contributed by atoms with E-state index in [9.17, 15) is 0 Å². The van der Waals surface area contributed by atoms with Crippen LogP contribution in [0.15, 0.2) is 29.2 Å². The van der Waals surface area contributed by atoms with Gasteiger partial charge in [-0.05, 0) is 18.7 Å². The van der Waals surface area contributed by atoms with Crippen molar-refractivity contribution in [2.75, 3.05) is 52.1 Å². The van der Waals surface area contributed by atoms with Crippen molar-refractivity contribution in [3.05, 3.63) is 29.8 Å². The summed E-state index contributed by atoms with van der Waals surface area (Å²) >= 11 is 1.98. The highest BCUT2D eigenvalue weighted by Gasteiger charge is 2.22. The van der Waals surface area contributed by atoms with Crippen LogP contribution >= 0.6 is 11.8 Å². The maximum Gasteiger partial charge on any atom is 0.0426 e. The van der Waals surface area contributed by atoms with Crippen molar-refractivity contribution >= 4 is 11.8 Å². The summed E-state index contributed by atoms with van der Waals surface area (Å²) in [6.45, 7) is 7.13. The van der Waals surface area contributed by atoms with Gasteiger partial charge in [0.05, 0.1) is 0 Å². The Labute approximate surface area is 120 Å². The highest BCUT2D eigenvalue weighted by atomic mass is 32.2. The molecule has 2 aliphatic heterocycles. The van der Waals surface area contributed by atoms with Gasteiger partial charge < -0.3 is 10.2 Å². The molecule has 1 atom stereocenters. The molecule has 0 aliphatic carbocycles. The Kier molecular flexibility index (Phi) is 4.43. The lowest BCUT2D eigenvalue weighted by Gasteiger charge is -2.32. The number of nitrogens with one attached hydrogen (secondary N) is 1. The highest BCUT2D eigenvalue weighted by Crippen LogP contribution is 2.37. The van der Waals surface area contributed by atoms with Crippen LogP contribution in [0.3, 0.4) is 0 Å². The average Bonchev–Trinajstić information content (AvgIpc) is 2.85. The number of nitrogens with zero attached hydrogens (tertiary/aromatic N) is 2. The fourth-order valence-electron chi connectivity index (χ4n) is 2.80. The van der Waals surface area contributed by atoms with Crippen molar-refractivity contribution in [3.63, 3.8) is 0 Å². The van der Waals surface area contributed by atoms with Crippen LogP contribution in [0.5, 0.6) is 0 Å². The first-order valence-corrected chi connectivity index (χ1v) is 8.17. The molecular weight excluding hydrogens is 254 g/mol. The third-order valence-corrected chi connectivity index (χ3v) is 5.30. The van der Waals surface area contributed by atoms with E-state index in [4.69, 9.17) is 0 Å². The Hall–Kier alpha value is -0.550. The molecule has 1 aromatic rings. The summed E-state index contributed by atoms with van der Waals surface area (Å²) in [6.07, 6.45) is 0. The second-order valence-corrected chi connectivity index (χ2v) is 6.56. The molecule has 0 aromatic heterocycles. The number of piperazine rings is 1. The molecule has 1 aromatic carbocycles. The van der Waals surface area contributed by atoms with E-state index in [-0.39, 0.29) is 0 Å². The Morgan fingerprint density at radius 1 is 1.21 bits per heavy atom. The number of benzene rings is 1. The quantitative estimate of drug-likeness (QED) is 0.902. The molecule has 4 heteroatoms. The van der Waals surface area contributed by atoms with Gasteiger partial charge in [0.25, 0.3) is 0 Å². The Balaban J connectivity index is 1.44. The van der Waals surface area contributed by atoms with Crippen molar-refractivity contribution in [2.45, 2.75) is 10.9 Å². The van der Waals surface area contributed by atoms with E-state index < -0.39 is 0 Å². The second kappa shape index (κ2) is 6.27. The van der Waals surface area contributed by atoms with E-state index in [1.165, 1.54) is 48.9 Å². The predicted molar refractivity (Wildman–Crippen MR) is 81.8 cm³/mol.